The molecule has 0 bridgehead atoms. The minimum Gasteiger partial charge on any atom is -0.362 e. The molecular formula is C16H24BrFN2. The monoisotopic (exact) mass is 342 g/mol. The molecule has 1 aliphatic rings. The minimum atomic E-state index is -0.138. The van der Waals surface area contributed by atoms with Gasteiger partial charge in [-0.15, -0.1) is 0 Å². The summed E-state index contributed by atoms with van der Waals surface area (Å²) < 4.78 is 15.2. The van der Waals surface area contributed by atoms with E-state index in [4.69, 9.17) is 0 Å². The van der Waals surface area contributed by atoms with Gasteiger partial charge in [0.25, 0.3) is 0 Å². The second kappa shape index (κ2) is 6.44. The van der Waals surface area contributed by atoms with Crippen LogP contribution in [0.25, 0.3) is 0 Å². The lowest BCUT2D eigenvalue weighted by Crippen LogP contribution is -2.64. The van der Waals surface area contributed by atoms with Crippen molar-refractivity contribution in [3.63, 3.8) is 0 Å². The Balaban J connectivity index is 2.39. The lowest BCUT2D eigenvalue weighted by molar-refractivity contribution is 0.245. The highest BCUT2D eigenvalue weighted by molar-refractivity contribution is 9.10. The van der Waals surface area contributed by atoms with E-state index in [1.807, 2.05) is 6.07 Å². The summed E-state index contributed by atoms with van der Waals surface area (Å²) in [6, 6.07) is 5.56. The van der Waals surface area contributed by atoms with Gasteiger partial charge in [0.2, 0.25) is 0 Å². The molecule has 0 aromatic heterocycles. The van der Waals surface area contributed by atoms with E-state index in [-0.39, 0.29) is 11.4 Å². The third-order valence-electron chi connectivity index (χ3n) is 4.68. The molecule has 2 nitrogen and oxygen atoms in total. The van der Waals surface area contributed by atoms with E-state index in [0.29, 0.717) is 11.7 Å². The molecule has 1 aromatic rings. The van der Waals surface area contributed by atoms with Crippen LogP contribution in [-0.2, 0) is 0 Å². The molecule has 0 radical (unpaired) electrons. The second-order valence-corrected chi connectivity index (χ2v) is 6.48. The summed E-state index contributed by atoms with van der Waals surface area (Å²) in [5.74, 6) is -0.138. The van der Waals surface area contributed by atoms with Gasteiger partial charge >= 0.3 is 0 Å². The quantitative estimate of drug-likeness (QED) is 0.875. The fourth-order valence-electron chi connectivity index (χ4n) is 3.07. The maximum Gasteiger partial charge on any atom is 0.147 e. The predicted octanol–water partition coefficient (Wildman–Crippen LogP) is 4.34. The van der Waals surface area contributed by atoms with Gasteiger partial charge in [-0.1, -0.05) is 26.8 Å². The van der Waals surface area contributed by atoms with Crippen LogP contribution >= 0.6 is 15.9 Å². The SMILES string of the molecule is CCC1CNC(CC)(CC)CN1c1c(F)cccc1Br. The van der Waals surface area contributed by atoms with Crippen molar-refractivity contribution in [3.05, 3.63) is 28.5 Å². The van der Waals surface area contributed by atoms with Gasteiger partial charge in [0.1, 0.15) is 5.82 Å². The zero-order chi connectivity index (χ0) is 14.8. The van der Waals surface area contributed by atoms with Gasteiger partial charge in [0.15, 0.2) is 0 Å². The Morgan fingerprint density at radius 2 is 2.05 bits per heavy atom. The van der Waals surface area contributed by atoms with Gasteiger partial charge in [-0.25, -0.2) is 4.39 Å². The fraction of sp³-hybridized carbons (Fsp3) is 0.625. The van der Waals surface area contributed by atoms with Gasteiger partial charge in [-0.3, -0.25) is 0 Å². The van der Waals surface area contributed by atoms with Crippen LogP contribution in [0.15, 0.2) is 22.7 Å². The van der Waals surface area contributed by atoms with Crippen molar-refractivity contribution in [2.24, 2.45) is 0 Å². The van der Waals surface area contributed by atoms with Gasteiger partial charge in [0.05, 0.1) is 5.69 Å². The van der Waals surface area contributed by atoms with Crippen LogP contribution in [0.3, 0.4) is 0 Å². The van der Waals surface area contributed by atoms with Gasteiger partial charge < -0.3 is 10.2 Å². The van der Waals surface area contributed by atoms with Crippen LogP contribution in [0, 0.1) is 5.82 Å². The lowest BCUT2D eigenvalue weighted by Gasteiger charge is -2.48. The lowest BCUT2D eigenvalue weighted by atomic mass is 9.87. The first-order valence-corrected chi connectivity index (χ1v) is 8.32. The van der Waals surface area contributed by atoms with E-state index >= 15 is 0 Å². The number of rotatable bonds is 4. The van der Waals surface area contributed by atoms with Crippen LogP contribution in [0.2, 0.25) is 0 Å². The van der Waals surface area contributed by atoms with Crippen molar-refractivity contribution >= 4 is 21.6 Å². The maximum absolute atomic E-state index is 14.3. The van der Waals surface area contributed by atoms with E-state index in [9.17, 15) is 4.39 Å². The summed E-state index contributed by atoms with van der Waals surface area (Å²) in [5, 5.41) is 3.69. The van der Waals surface area contributed by atoms with Crippen molar-refractivity contribution in [2.45, 2.75) is 51.6 Å². The van der Waals surface area contributed by atoms with Crippen molar-refractivity contribution in [1.29, 1.82) is 0 Å². The summed E-state index contributed by atoms with van der Waals surface area (Å²) >= 11 is 3.52. The summed E-state index contributed by atoms with van der Waals surface area (Å²) in [4.78, 5) is 2.25. The number of anilines is 1. The smallest absolute Gasteiger partial charge is 0.147 e. The Bertz CT molecular complexity index is 440. The number of benzene rings is 1. The molecule has 1 saturated heterocycles. The first kappa shape index (κ1) is 15.8. The molecule has 0 aliphatic carbocycles. The van der Waals surface area contributed by atoms with Crippen LogP contribution in [0.5, 0.6) is 0 Å². The average Bonchev–Trinajstić information content (AvgIpc) is 2.47. The molecule has 1 aliphatic heterocycles. The maximum atomic E-state index is 14.3. The average molecular weight is 343 g/mol. The summed E-state index contributed by atoms with van der Waals surface area (Å²) in [6.07, 6.45) is 3.13. The molecule has 1 heterocycles. The Hall–Kier alpha value is -0.610. The molecule has 0 amide bonds. The molecule has 0 saturated carbocycles. The van der Waals surface area contributed by atoms with Crippen molar-refractivity contribution in [2.75, 3.05) is 18.0 Å². The van der Waals surface area contributed by atoms with Crippen LogP contribution in [-0.4, -0.2) is 24.7 Å². The molecule has 4 heteroatoms. The zero-order valence-electron chi connectivity index (χ0n) is 12.5. The number of nitrogens with zero attached hydrogens (tertiary/aromatic N) is 1. The van der Waals surface area contributed by atoms with Crippen molar-refractivity contribution in [1.82, 2.24) is 5.32 Å². The molecular weight excluding hydrogens is 319 g/mol. The van der Waals surface area contributed by atoms with E-state index in [1.54, 1.807) is 12.1 Å². The standard InChI is InChI=1S/C16H24BrFN2/c1-4-12-10-19-16(5-2,6-3)11-20(12)15-13(17)8-7-9-14(15)18/h7-9,12,19H,4-6,10-11H2,1-3H3. The topological polar surface area (TPSA) is 15.3 Å². The minimum absolute atomic E-state index is 0.0907. The number of piperazine rings is 1. The number of hydrogen-bond donors (Lipinski definition) is 1. The Morgan fingerprint density at radius 3 is 2.60 bits per heavy atom. The Labute approximate surface area is 129 Å². The third-order valence-corrected chi connectivity index (χ3v) is 5.32. The number of halogens is 2. The predicted molar refractivity (Wildman–Crippen MR) is 86.8 cm³/mol. The molecule has 1 aromatic carbocycles. The first-order valence-electron chi connectivity index (χ1n) is 7.52. The van der Waals surface area contributed by atoms with Crippen molar-refractivity contribution in [3.8, 4) is 0 Å². The molecule has 1 unspecified atom stereocenters. The molecule has 0 spiro atoms. The molecule has 112 valence electrons. The Kier molecular flexibility index (Phi) is 5.08. The first-order chi connectivity index (χ1) is 9.56. The molecule has 20 heavy (non-hydrogen) atoms. The zero-order valence-corrected chi connectivity index (χ0v) is 14.1. The number of para-hydroxylation sites is 1. The van der Waals surface area contributed by atoms with E-state index in [2.05, 4.69) is 46.9 Å². The van der Waals surface area contributed by atoms with Gasteiger partial charge in [-0.2, -0.15) is 0 Å². The molecule has 1 atom stereocenters. The summed E-state index contributed by atoms with van der Waals surface area (Å²) in [7, 11) is 0. The van der Waals surface area contributed by atoms with Gasteiger partial charge in [-0.05, 0) is 47.3 Å². The highest BCUT2D eigenvalue weighted by Gasteiger charge is 2.37. The molecule has 1 fully saturated rings. The molecule has 1 N–H and O–H groups in total. The van der Waals surface area contributed by atoms with Crippen molar-refractivity contribution < 1.29 is 4.39 Å². The number of nitrogens with one attached hydrogen (secondary N) is 1. The highest BCUT2D eigenvalue weighted by atomic mass is 79.9. The normalized spacial score (nSPS) is 22.1. The van der Waals surface area contributed by atoms with E-state index in [1.165, 1.54) is 0 Å². The third kappa shape index (κ3) is 2.86. The highest BCUT2D eigenvalue weighted by Crippen LogP contribution is 2.35. The van der Waals surface area contributed by atoms with E-state index < -0.39 is 0 Å². The summed E-state index contributed by atoms with van der Waals surface area (Å²) in [6.45, 7) is 8.35. The Morgan fingerprint density at radius 1 is 1.35 bits per heavy atom. The number of hydrogen-bond acceptors (Lipinski definition) is 2. The van der Waals surface area contributed by atoms with Crippen LogP contribution in [0.4, 0.5) is 10.1 Å². The van der Waals surface area contributed by atoms with Crippen LogP contribution < -0.4 is 10.2 Å². The second-order valence-electron chi connectivity index (χ2n) is 5.63. The largest absolute Gasteiger partial charge is 0.362 e. The summed E-state index contributed by atoms with van der Waals surface area (Å²) in [5.41, 5.74) is 0.806. The molecule has 2 rings (SSSR count). The fourth-order valence-corrected chi connectivity index (χ4v) is 3.64. The van der Waals surface area contributed by atoms with Gasteiger partial charge in [0, 0.05) is 29.1 Å². The van der Waals surface area contributed by atoms with Crippen LogP contribution in [0.1, 0.15) is 40.0 Å². The van der Waals surface area contributed by atoms with E-state index in [0.717, 1.165) is 36.8 Å².